The van der Waals surface area contributed by atoms with Crippen LogP contribution in [0.1, 0.15) is 51.3 Å². The number of carbonyl (C=O) groups is 3. The average molecular weight is 624 g/mol. The van der Waals surface area contributed by atoms with E-state index < -0.39 is 0 Å². The second-order valence-electron chi connectivity index (χ2n) is 10.4. The molecule has 0 radical (unpaired) electrons. The fourth-order valence-corrected chi connectivity index (χ4v) is 5.19. The van der Waals surface area contributed by atoms with Crippen LogP contribution in [0.5, 0.6) is 0 Å². The zero-order valence-corrected chi connectivity index (χ0v) is 25.7. The predicted molar refractivity (Wildman–Crippen MR) is 177 cm³/mol. The number of amides is 3. The van der Waals surface area contributed by atoms with Crippen molar-refractivity contribution < 1.29 is 14.4 Å². The largest absolute Gasteiger partial charge is 0.402 e. The lowest BCUT2D eigenvalue weighted by atomic mass is 10.1. The molecule has 45 heavy (non-hydrogen) atoms. The Bertz CT molecular complexity index is 1640. The van der Waals surface area contributed by atoms with Crippen LogP contribution in [0.4, 0.5) is 5.13 Å². The maximum atomic E-state index is 12.6. The van der Waals surface area contributed by atoms with Crippen LogP contribution in [-0.4, -0.2) is 27.9 Å². The van der Waals surface area contributed by atoms with Gasteiger partial charge in [0.05, 0.1) is 12.8 Å². The molecule has 0 saturated heterocycles. The van der Waals surface area contributed by atoms with Crippen molar-refractivity contribution in [3.63, 3.8) is 0 Å². The predicted octanol–water partition coefficient (Wildman–Crippen LogP) is 4.36. The van der Waals surface area contributed by atoms with E-state index in [-0.39, 0.29) is 36.4 Å². The number of rotatable bonds is 15. The summed E-state index contributed by atoms with van der Waals surface area (Å²) in [5, 5.41) is 18.0. The van der Waals surface area contributed by atoms with Gasteiger partial charge in [0, 0.05) is 24.2 Å². The fraction of sp³-hybridized carbons (Fsp3) is 0.206. The zero-order valence-electron chi connectivity index (χ0n) is 24.9. The molecule has 1 heterocycles. The zero-order chi connectivity index (χ0) is 31.9. The maximum absolute atomic E-state index is 12.6. The number of nitrogens with one attached hydrogen (secondary N) is 3. The minimum Gasteiger partial charge on any atom is -0.402 e. The lowest BCUT2D eigenvalue weighted by Gasteiger charge is -2.07. The quantitative estimate of drug-likeness (QED) is 0.0969. The van der Waals surface area contributed by atoms with Crippen molar-refractivity contribution in [2.75, 3.05) is 5.32 Å². The van der Waals surface area contributed by atoms with Gasteiger partial charge in [0.1, 0.15) is 10.8 Å². The molecule has 11 heteroatoms. The van der Waals surface area contributed by atoms with Crippen molar-refractivity contribution in [3.05, 3.63) is 136 Å². The molecule has 10 nitrogen and oxygen atoms in total. The Hall–Kier alpha value is -5.29. The van der Waals surface area contributed by atoms with Crippen LogP contribution in [0.15, 0.2) is 109 Å². The number of nitrogens with zero attached hydrogens (tertiary/aromatic N) is 2. The van der Waals surface area contributed by atoms with Crippen LogP contribution >= 0.6 is 11.3 Å². The van der Waals surface area contributed by atoms with Crippen molar-refractivity contribution in [1.29, 1.82) is 0 Å². The minimum absolute atomic E-state index is 0.148. The molecule has 3 amide bonds. The third-order valence-corrected chi connectivity index (χ3v) is 7.53. The van der Waals surface area contributed by atoms with Gasteiger partial charge < -0.3 is 27.4 Å². The second kappa shape index (κ2) is 17.1. The monoisotopic (exact) mass is 623 g/mol. The summed E-state index contributed by atoms with van der Waals surface area (Å²) in [6.45, 7) is 0.364. The second-order valence-corrected chi connectivity index (χ2v) is 11.4. The number of nitrogens with two attached hydrogens (primary N) is 2. The van der Waals surface area contributed by atoms with E-state index in [9.17, 15) is 14.4 Å². The lowest BCUT2D eigenvalue weighted by molar-refractivity contribution is -0.119. The third-order valence-electron chi connectivity index (χ3n) is 6.63. The first-order chi connectivity index (χ1) is 21.8. The third kappa shape index (κ3) is 11.7. The van der Waals surface area contributed by atoms with Crippen LogP contribution in [0.25, 0.3) is 0 Å². The van der Waals surface area contributed by atoms with E-state index in [0.717, 1.165) is 34.5 Å². The van der Waals surface area contributed by atoms with E-state index in [4.69, 9.17) is 11.5 Å². The van der Waals surface area contributed by atoms with Crippen molar-refractivity contribution in [2.24, 2.45) is 11.5 Å². The molecule has 0 aliphatic heterocycles. The SMILES string of the molecule is N/C(=C\C=C(/N)NC(=O)Cc1ccccc1)CCCCc1nnc(NC(=O)Cc2cccc(CNC(=O)c3ccccc3)c2)s1. The number of unbranched alkanes of at least 4 members (excludes halogenated alkanes) is 1. The van der Waals surface area contributed by atoms with Crippen LogP contribution in [0.3, 0.4) is 0 Å². The molecule has 232 valence electrons. The molecule has 0 aliphatic rings. The Morgan fingerprint density at radius 2 is 1.44 bits per heavy atom. The van der Waals surface area contributed by atoms with Gasteiger partial charge in [0.15, 0.2) is 0 Å². The molecule has 0 atom stereocenters. The fourth-order valence-electron chi connectivity index (χ4n) is 4.39. The van der Waals surface area contributed by atoms with Gasteiger partial charge in [-0.3, -0.25) is 14.4 Å². The molecular weight excluding hydrogens is 586 g/mol. The number of benzene rings is 3. The Kier molecular flexibility index (Phi) is 12.4. The van der Waals surface area contributed by atoms with Crippen LogP contribution in [-0.2, 0) is 35.4 Å². The first-order valence-corrected chi connectivity index (χ1v) is 15.4. The summed E-state index contributed by atoms with van der Waals surface area (Å²) in [6, 6.07) is 26.0. The van der Waals surface area contributed by atoms with Crippen molar-refractivity contribution >= 4 is 34.2 Å². The van der Waals surface area contributed by atoms with Gasteiger partial charge in [-0.2, -0.15) is 0 Å². The van der Waals surface area contributed by atoms with Crippen molar-refractivity contribution in [2.45, 2.75) is 45.1 Å². The lowest BCUT2D eigenvalue weighted by Crippen LogP contribution is -2.28. The van der Waals surface area contributed by atoms with E-state index in [2.05, 4.69) is 26.1 Å². The summed E-state index contributed by atoms with van der Waals surface area (Å²) in [4.78, 5) is 37.1. The maximum Gasteiger partial charge on any atom is 0.251 e. The number of allylic oxidation sites excluding steroid dienone is 3. The molecule has 0 bridgehead atoms. The van der Waals surface area contributed by atoms with E-state index in [0.29, 0.717) is 35.8 Å². The van der Waals surface area contributed by atoms with Gasteiger partial charge >= 0.3 is 0 Å². The summed E-state index contributed by atoms with van der Waals surface area (Å²) < 4.78 is 0. The highest BCUT2D eigenvalue weighted by Crippen LogP contribution is 2.18. The van der Waals surface area contributed by atoms with E-state index >= 15 is 0 Å². The number of carbonyl (C=O) groups excluding carboxylic acids is 3. The number of aromatic nitrogens is 2. The minimum atomic E-state index is -0.190. The van der Waals surface area contributed by atoms with E-state index in [1.54, 1.807) is 24.3 Å². The summed E-state index contributed by atoms with van der Waals surface area (Å²) >= 11 is 1.35. The molecule has 3 aromatic carbocycles. The first-order valence-electron chi connectivity index (χ1n) is 14.6. The van der Waals surface area contributed by atoms with Crippen LogP contribution < -0.4 is 27.4 Å². The van der Waals surface area contributed by atoms with E-state index in [1.807, 2.05) is 72.8 Å². The number of hydrogen-bond acceptors (Lipinski definition) is 8. The Balaban J connectivity index is 1.14. The highest BCUT2D eigenvalue weighted by Gasteiger charge is 2.11. The number of hydrogen-bond donors (Lipinski definition) is 5. The number of aryl methyl sites for hydroxylation is 1. The summed E-state index contributed by atoms with van der Waals surface area (Å²) in [6.07, 6.45) is 6.78. The van der Waals surface area contributed by atoms with Gasteiger partial charge in [-0.25, -0.2) is 0 Å². The molecule has 0 saturated carbocycles. The van der Waals surface area contributed by atoms with Crippen LogP contribution in [0, 0.1) is 0 Å². The standard InChI is InChI=1S/C34H37N7O3S/c35-28(18-19-29(36)38-30(42)21-24-10-3-1-4-11-24)16-7-8-17-32-40-41-34(45-32)39-31(43)22-25-12-9-13-26(20-25)23-37-33(44)27-14-5-2-6-15-27/h1-6,9-15,18-20H,7-8,16-17,21-23,35-36H2,(H,37,44)(H,38,42)(H,39,41,43)/b28-18-,29-19+. The molecule has 0 fully saturated rings. The first kappa shape index (κ1) is 32.6. The van der Waals surface area contributed by atoms with E-state index in [1.165, 1.54) is 11.3 Å². The molecule has 4 aromatic rings. The highest BCUT2D eigenvalue weighted by molar-refractivity contribution is 7.15. The molecule has 0 unspecified atom stereocenters. The molecule has 4 rings (SSSR count). The van der Waals surface area contributed by atoms with Gasteiger partial charge in [-0.05, 0) is 60.2 Å². The topological polar surface area (TPSA) is 165 Å². The number of anilines is 1. The van der Waals surface area contributed by atoms with Crippen LogP contribution in [0.2, 0.25) is 0 Å². The smallest absolute Gasteiger partial charge is 0.251 e. The molecule has 7 N–H and O–H groups in total. The summed E-state index contributed by atoms with van der Waals surface area (Å²) in [7, 11) is 0. The molecule has 0 aliphatic carbocycles. The molecular formula is C34H37N7O3S. The normalized spacial score (nSPS) is 11.6. The summed E-state index contributed by atoms with van der Waals surface area (Å²) in [5.74, 6) is -0.290. The van der Waals surface area contributed by atoms with Gasteiger partial charge in [0.2, 0.25) is 16.9 Å². The Morgan fingerprint density at radius 1 is 0.756 bits per heavy atom. The van der Waals surface area contributed by atoms with Crippen molar-refractivity contribution in [3.8, 4) is 0 Å². The van der Waals surface area contributed by atoms with Crippen molar-refractivity contribution in [1.82, 2.24) is 20.8 Å². The van der Waals surface area contributed by atoms with Gasteiger partial charge in [-0.1, -0.05) is 84.1 Å². The Morgan fingerprint density at radius 3 is 2.22 bits per heavy atom. The average Bonchev–Trinajstić information content (AvgIpc) is 3.48. The molecule has 0 spiro atoms. The van der Waals surface area contributed by atoms with Gasteiger partial charge in [-0.15, -0.1) is 10.2 Å². The Labute approximate surface area is 266 Å². The summed E-state index contributed by atoms with van der Waals surface area (Å²) in [5.41, 5.74) is 15.9. The van der Waals surface area contributed by atoms with Gasteiger partial charge in [0.25, 0.3) is 5.91 Å². The highest BCUT2D eigenvalue weighted by atomic mass is 32.1. The molecule has 1 aromatic heterocycles.